The van der Waals surface area contributed by atoms with Crippen molar-refractivity contribution in [1.29, 1.82) is 0 Å². The molecule has 0 aromatic carbocycles. The Morgan fingerprint density at radius 2 is 1.91 bits per heavy atom. The van der Waals surface area contributed by atoms with E-state index < -0.39 is 12.1 Å². The van der Waals surface area contributed by atoms with Gasteiger partial charge in [-0.2, -0.15) is 13.2 Å². The highest BCUT2D eigenvalue weighted by Gasteiger charge is 2.43. The number of hydroxylamine groups is 2. The van der Waals surface area contributed by atoms with Crippen molar-refractivity contribution in [3.8, 4) is 0 Å². The molecule has 3 fully saturated rings. The van der Waals surface area contributed by atoms with Gasteiger partial charge in [0.1, 0.15) is 11.5 Å². The number of carboxylic acids is 1. The maximum absolute atomic E-state index is 13.0. The van der Waals surface area contributed by atoms with Gasteiger partial charge in [-0.3, -0.25) is 14.5 Å². The molecule has 32 heavy (non-hydrogen) atoms. The number of furan rings is 1. The van der Waals surface area contributed by atoms with Crippen LogP contribution in [0.5, 0.6) is 0 Å². The number of aryl methyl sites for hydroxylation is 1. The van der Waals surface area contributed by atoms with Crippen LogP contribution < -0.4 is 0 Å². The third-order valence-electron chi connectivity index (χ3n) is 5.94. The van der Waals surface area contributed by atoms with Crippen LogP contribution in [0.25, 0.3) is 0 Å². The molecule has 4 rings (SSSR count). The predicted molar refractivity (Wildman–Crippen MR) is 105 cm³/mol. The molecule has 3 saturated heterocycles. The molecule has 11 heteroatoms. The van der Waals surface area contributed by atoms with Crippen LogP contribution in [0.2, 0.25) is 0 Å². The van der Waals surface area contributed by atoms with Crippen molar-refractivity contribution in [3.05, 3.63) is 23.7 Å². The van der Waals surface area contributed by atoms with E-state index in [1.807, 2.05) is 19.1 Å². The smallest absolute Gasteiger partial charge is 0.475 e. The van der Waals surface area contributed by atoms with Crippen LogP contribution >= 0.6 is 0 Å². The first-order valence-electron chi connectivity index (χ1n) is 10.8. The first kappa shape index (κ1) is 24.5. The molecule has 4 heterocycles. The Labute approximate surface area is 184 Å². The summed E-state index contributed by atoms with van der Waals surface area (Å²) >= 11 is 0. The van der Waals surface area contributed by atoms with Crippen LogP contribution in [-0.2, 0) is 25.7 Å². The number of carbonyl (C=O) groups is 2. The van der Waals surface area contributed by atoms with Gasteiger partial charge in [-0.05, 0) is 44.7 Å². The Bertz CT molecular complexity index is 778. The third kappa shape index (κ3) is 6.46. The number of hydrogen-bond acceptors (Lipinski definition) is 6. The van der Waals surface area contributed by atoms with E-state index >= 15 is 0 Å². The minimum atomic E-state index is -5.08. The van der Waals surface area contributed by atoms with Crippen molar-refractivity contribution in [1.82, 2.24) is 9.96 Å². The van der Waals surface area contributed by atoms with E-state index in [4.69, 9.17) is 23.9 Å². The van der Waals surface area contributed by atoms with Gasteiger partial charge in [-0.15, -0.1) is 0 Å². The first-order chi connectivity index (χ1) is 15.1. The van der Waals surface area contributed by atoms with Gasteiger partial charge in [0.15, 0.2) is 0 Å². The van der Waals surface area contributed by atoms with Crippen molar-refractivity contribution in [2.45, 2.75) is 51.4 Å². The number of aliphatic carboxylic acids is 1. The van der Waals surface area contributed by atoms with E-state index in [1.54, 1.807) is 5.06 Å². The number of carbonyl (C=O) groups excluding carboxylic acids is 1. The molecule has 3 aliphatic heterocycles. The van der Waals surface area contributed by atoms with E-state index in [2.05, 4.69) is 4.90 Å². The standard InChI is InChI=1S/C19H28N2O4.C2HF3O2/c1-14-4-5-15(25-14)12-20-9-6-18-17(13-20)16(7-11-23-18)19(22)21-8-2-3-10-24-21;3-2(4,5)1(6)7/h4-5,16-18H,2-3,6-13H2,1H3;(H,6,7)/t16-,17+,18-;/m1./s1. The number of nitrogens with zero attached hydrogens (tertiary/aromatic N) is 2. The van der Waals surface area contributed by atoms with Crippen LogP contribution in [0.4, 0.5) is 13.2 Å². The fourth-order valence-corrected chi connectivity index (χ4v) is 4.38. The van der Waals surface area contributed by atoms with Crippen molar-refractivity contribution < 1.29 is 41.9 Å². The summed E-state index contributed by atoms with van der Waals surface area (Å²) < 4.78 is 43.5. The molecule has 3 atom stereocenters. The maximum Gasteiger partial charge on any atom is 0.490 e. The molecule has 0 unspecified atom stereocenters. The van der Waals surface area contributed by atoms with Crippen LogP contribution in [0, 0.1) is 18.8 Å². The van der Waals surface area contributed by atoms with Gasteiger partial charge >= 0.3 is 12.1 Å². The van der Waals surface area contributed by atoms with Gasteiger partial charge in [-0.1, -0.05) is 0 Å². The number of ether oxygens (including phenoxy) is 1. The van der Waals surface area contributed by atoms with E-state index in [0.29, 0.717) is 13.2 Å². The minimum Gasteiger partial charge on any atom is -0.475 e. The Morgan fingerprint density at radius 3 is 2.50 bits per heavy atom. The molecular formula is C21H29F3N2O6. The average Bonchev–Trinajstić information content (AvgIpc) is 3.17. The second kappa shape index (κ2) is 10.7. The number of likely N-dealkylation sites (tertiary alicyclic amines) is 1. The molecule has 0 saturated carbocycles. The third-order valence-corrected chi connectivity index (χ3v) is 5.94. The van der Waals surface area contributed by atoms with E-state index in [1.165, 1.54) is 0 Å². The van der Waals surface area contributed by atoms with Crippen molar-refractivity contribution in [2.75, 3.05) is 32.8 Å². The maximum atomic E-state index is 13.0. The molecule has 0 spiro atoms. The predicted octanol–water partition coefficient (Wildman–Crippen LogP) is 3.00. The van der Waals surface area contributed by atoms with E-state index in [0.717, 1.165) is 63.4 Å². The number of alkyl halides is 3. The zero-order chi connectivity index (χ0) is 23.3. The summed E-state index contributed by atoms with van der Waals surface area (Å²) in [7, 11) is 0. The fourth-order valence-electron chi connectivity index (χ4n) is 4.38. The first-order valence-corrected chi connectivity index (χ1v) is 10.8. The van der Waals surface area contributed by atoms with Crippen LogP contribution in [-0.4, -0.2) is 72.1 Å². The van der Waals surface area contributed by atoms with Crippen molar-refractivity contribution in [2.24, 2.45) is 11.8 Å². The van der Waals surface area contributed by atoms with Crippen LogP contribution in [0.15, 0.2) is 16.5 Å². The van der Waals surface area contributed by atoms with Gasteiger partial charge in [-0.25, -0.2) is 9.86 Å². The summed E-state index contributed by atoms with van der Waals surface area (Å²) in [4.78, 5) is 29.9. The molecule has 0 aliphatic carbocycles. The monoisotopic (exact) mass is 462 g/mol. The Hall–Kier alpha value is -2.11. The molecule has 1 aromatic heterocycles. The lowest BCUT2D eigenvalue weighted by atomic mass is 9.79. The minimum absolute atomic E-state index is 0.0120. The molecule has 0 bridgehead atoms. The Kier molecular flexibility index (Phi) is 8.18. The molecule has 1 aromatic rings. The summed E-state index contributed by atoms with van der Waals surface area (Å²) in [6.07, 6.45) is -1.03. The lowest BCUT2D eigenvalue weighted by Gasteiger charge is -2.45. The van der Waals surface area contributed by atoms with Gasteiger partial charge in [0.2, 0.25) is 5.91 Å². The molecule has 180 valence electrons. The summed E-state index contributed by atoms with van der Waals surface area (Å²) in [6, 6.07) is 4.05. The highest BCUT2D eigenvalue weighted by atomic mass is 19.4. The highest BCUT2D eigenvalue weighted by molar-refractivity contribution is 5.78. The number of halogens is 3. The van der Waals surface area contributed by atoms with Crippen molar-refractivity contribution in [3.63, 3.8) is 0 Å². The van der Waals surface area contributed by atoms with Gasteiger partial charge in [0.05, 0.1) is 19.3 Å². The largest absolute Gasteiger partial charge is 0.490 e. The lowest BCUT2D eigenvalue weighted by Crippen LogP contribution is -2.54. The number of carboxylic acid groups (broad SMARTS) is 1. The molecule has 0 radical (unpaired) electrons. The average molecular weight is 462 g/mol. The number of piperidine rings is 1. The SMILES string of the molecule is Cc1ccc(CN2CC[C@H]3OCC[C@@H](C(=O)N4CCCCO4)[C@@H]3C2)o1.O=C(O)C(F)(F)F. The second-order valence-electron chi connectivity index (χ2n) is 8.29. The van der Waals surface area contributed by atoms with E-state index in [-0.39, 0.29) is 23.8 Å². The quantitative estimate of drug-likeness (QED) is 0.738. The molecular weight excluding hydrogens is 433 g/mol. The summed E-state index contributed by atoms with van der Waals surface area (Å²) in [5, 5.41) is 8.74. The zero-order valence-corrected chi connectivity index (χ0v) is 18.0. The molecule has 8 nitrogen and oxygen atoms in total. The van der Waals surface area contributed by atoms with Gasteiger partial charge in [0.25, 0.3) is 0 Å². The zero-order valence-electron chi connectivity index (χ0n) is 18.0. The second-order valence-corrected chi connectivity index (χ2v) is 8.29. The molecule has 3 aliphatic rings. The lowest BCUT2D eigenvalue weighted by molar-refractivity contribution is -0.210. The molecule has 1 N–H and O–H groups in total. The fraction of sp³-hybridized carbons (Fsp3) is 0.714. The van der Waals surface area contributed by atoms with Gasteiger partial charge in [0, 0.05) is 38.1 Å². The number of fused-ring (bicyclic) bond motifs is 1. The Morgan fingerprint density at radius 1 is 1.16 bits per heavy atom. The number of rotatable bonds is 3. The van der Waals surface area contributed by atoms with E-state index in [9.17, 15) is 18.0 Å². The summed E-state index contributed by atoms with van der Waals surface area (Å²) in [6.45, 7) is 6.71. The van der Waals surface area contributed by atoms with Crippen LogP contribution in [0.1, 0.15) is 37.2 Å². The number of amides is 1. The van der Waals surface area contributed by atoms with Crippen LogP contribution in [0.3, 0.4) is 0 Å². The topological polar surface area (TPSA) is 92.5 Å². The molecule has 1 amide bonds. The highest BCUT2D eigenvalue weighted by Crippen LogP contribution is 2.35. The number of hydrogen-bond donors (Lipinski definition) is 1. The Balaban J connectivity index is 0.000000360. The van der Waals surface area contributed by atoms with Crippen molar-refractivity contribution >= 4 is 11.9 Å². The van der Waals surface area contributed by atoms with Gasteiger partial charge < -0.3 is 14.3 Å². The summed E-state index contributed by atoms with van der Waals surface area (Å²) in [5.74, 6) is -0.396. The normalized spacial score (nSPS) is 26.6. The summed E-state index contributed by atoms with van der Waals surface area (Å²) in [5.41, 5.74) is 0.